The van der Waals surface area contributed by atoms with Crippen molar-refractivity contribution in [2.75, 3.05) is 5.73 Å². The summed E-state index contributed by atoms with van der Waals surface area (Å²) in [5.74, 6) is 1.39. The van der Waals surface area contributed by atoms with E-state index in [1.165, 1.54) is 23.1 Å². The molecular weight excluding hydrogens is 218 g/mol. The predicted molar refractivity (Wildman–Crippen MR) is 56.5 cm³/mol. The Morgan fingerprint density at radius 3 is 2.64 bits per heavy atom. The van der Waals surface area contributed by atoms with Crippen molar-refractivity contribution >= 4 is 28.9 Å². The van der Waals surface area contributed by atoms with Gasteiger partial charge in [-0.3, -0.25) is 0 Å². The molecule has 0 radical (unpaired) electrons. The van der Waals surface area contributed by atoms with E-state index in [2.05, 4.69) is 20.2 Å². The van der Waals surface area contributed by atoms with Gasteiger partial charge in [-0.1, -0.05) is 11.3 Å². The average Bonchev–Trinajstić information content (AvgIpc) is 2.61. The molecule has 2 rings (SSSR count). The molecule has 0 bridgehead atoms. The van der Waals surface area contributed by atoms with Crippen molar-refractivity contribution in [3.05, 3.63) is 10.8 Å². The van der Waals surface area contributed by atoms with Crippen molar-refractivity contribution in [1.29, 1.82) is 0 Å². The molecule has 2 aromatic heterocycles. The molecule has 0 amide bonds. The molecule has 0 aliphatic carbocycles. The van der Waals surface area contributed by atoms with Crippen molar-refractivity contribution in [1.82, 2.24) is 20.2 Å². The number of anilines is 1. The predicted octanol–water partition coefficient (Wildman–Crippen LogP) is 1.61. The maximum atomic E-state index is 5.71. The SMILES string of the molecule is Cc1nc(Sc2nnc(C)s2)c(N)[nH]1. The van der Waals surface area contributed by atoms with Crippen molar-refractivity contribution in [2.24, 2.45) is 0 Å². The lowest BCUT2D eigenvalue weighted by molar-refractivity contribution is 0.981. The van der Waals surface area contributed by atoms with E-state index in [-0.39, 0.29) is 0 Å². The van der Waals surface area contributed by atoms with E-state index in [4.69, 9.17) is 5.73 Å². The largest absolute Gasteiger partial charge is 0.383 e. The fourth-order valence-electron chi connectivity index (χ4n) is 0.969. The topological polar surface area (TPSA) is 80.5 Å². The van der Waals surface area contributed by atoms with Crippen LogP contribution in [0, 0.1) is 13.8 Å². The number of nitrogens with two attached hydrogens (primary N) is 1. The number of aromatic amines is 1. The second kappa shape index (κ2) is 3.58. The van der Waals surface area contributed by atoms with Gasteiger partial charge in [0.15, 0.2) is 4.34 Å². The molecule has 0 aliphatic heterocycles. The molecule has 0 atom stereocenters. The first-order valence-electron chi connectivity index (χ1n) is 3.95. The number of nitrogen functional groups attached to an aromatic ring is 1. The third-order valence-electron chi connectivity index (χ3n) is 1.51. The van der Waals surface area contributed by atoms with Crippen LogP contribution in [0.3, 0.4) is 0 Å². The number of aromatic nitrogens is 4. The van der Waals surface area contributed by atoms with Gasteiger partial charge < -0.3 is 10.7 Å². The van der Waals surface area contributed by atoms with Crippen LogP contribution in [-0.2, 0) is 0 Å². The highest BCUT2D eigenvalue weighted by Gasteiger charge is 2.09. The van der Waals surface area contributed by atoms with E-state index in [9.17, 15) is 0 Å². The van der Waals surface area contributed by atoms with Crippen LogP contribution in [0.5, 0.6) is 0 Å². The molecule has 0 saturated carbocycles. The minimum atomic E-state index is 0.584. The van der Waals surface area contributed by atoms with Crippen molar-refractivity contribution in [3.63, 3.8) is 0 Å². The molecular formula is C7H9N5S2. The van der Waals surface area contributed by atoms with E-state index >= 15 is 0 Å². The van der Waals surface area contributed by atoms with E-state index < -0.39 is 0 Å². The monoisotopic (exact) mass is 227 g/mol. The lowest BCUT2D eigenvalue weighted by atomic mass is 10.8. The molecule has 7 heteroatoms. The molecule has 2 heterocycles. The first-order valence-corrected chi connectivity index (χ1v) is 5.58. The van der Waals surface area contributed by atoms with Crippen molar-refractivity contribution in [2.45, 2.75) is 23.2 Å². The lowest BCUT2D eigenvalue weighted by Crippen LogP contribution is -1.86. The van der Waals surface area contributed by atoms with Crippen LogP contribution >= 0.6 is 23.1 Å². The van der Waals surface area contributed by atoms with Gasteiger partial charge in [0.05, 0.1) is 0 Å². The number of rotatable bonds is 2. The summed E-state index contributed by atoms with van der Waals surface area (Å²) in [5.41, 5.74) is 5.71. The highest BCUT2D eigenvalue weighted by atomic mass is 32.2. The summed E-state index contributed by atoms with van der Waals surface area (Å²) in [6.07, 6.45) is 0. The smallest absolute Gasteiger partial charge is 0.180 e. The minimum absolute atomic E-state index is 0.584. The number of nitrogens with zero attached hydrogens (tertiary/aromatic N) is 3. The fraction of sp³-hybridized carbons (Fsp3) is 0.286. The molecule has 0 aliphatic rings. The summed E-state index contributed by atoms with van der Waals surface area (Å²) in [4.78, 5) is 7.17. The van der Waals surface area contributed by atoms with Crippen molar-refractivity contribution in [3.8, 4) is 0 Å². The van der Waals surface area contributed by atoms with Crippen LogP contribution in [0.4, 0.5) is 5.82 Å². The summed E-state index contributed by atoms with van der Waals surface area (Å²) >= 11 is 2.97. The van der Waals surface area contributed by atoms with Gasteiger partial charge in [-0.05, 0) is 25.6 Å². The molecule has 3 N–H and O–H groups in total. The third kappa shape index (κ3) is 1.88. The number of aryl methyl sites for hydroxylation is 2. The Morgan fingerprint density at radius 1 is 1.36 bits per heavy atom. The molecule has 0 fully saturated rings. The second-order valence-electron chi connectivity index (χ2n) is 2.73. The van der Waals surface area contributed by atoms with E-state index in [0.29, 0.717) is 5.82 Å². The fourth-order valence-corrected chi connectivity index (χ4v) is 2.74. The van der Waals surface area contributed by atoms with Gasteiger partial charge in [0.1, 0.15) is 21.7 Å². The Balaban J connectivity index is 2.22. The molecule has 0 unspecified atom stereocenters. The number of hydrogen-bond donors (Lipinski definition) is 2. The maximum Gasteiger partial charge on any atom is 0.180 e. The summed E-state index contributed by atoms with van der Waals surface area (Å²) in [6.45, 7) is 3.78. The molecule has 5 nitrogen and oxygen atoms in total. The zero-order valence-corrected chi connectivity index (χ0v) is 9.37. The Bertz CT molecular complexity index is 447. The van der Waals surface area contributed by atoms with Gasteiger partial charge in [0.2, 0.25) is 0 Å². The Morgan fingerprint density at radius 2 is 2.14 bits per heavy atom. The van der Waals surface area contributed by atoms with Crippen LogP contribution < -0.4 is 5.73 Å². The Kier molecular flexibility index (Phi) is 2.42. The van der Waals surface area contributed by atoms with E-state index in [1.807, 2.05) is 13.8 Å². The van der Waals surface area contributed by atoms with Gasteiger partial charge in [-0.15, -0.1) is 10.2 Å². The first-order chi connectivity index (χ1) is 6.65. The molecule has 74 valence electrons. The first kappa shape index (κ1) is 9.47. The second-order valence-corrected chi connectivity index (χ2v) is 5.15. The van der Waals surface area contributed by atoms with Gasteiger partial charge in [-0.25, -0.2) is 4.98 Å². The van der Waals surface area contributed by atoms with E-state index in [1.54, 1.807) is 0 Å². The summed E-state index contributed by atoms with van der Waals surface area (Å²) < 4.78 is 0.862. The van der Waals surface area contributed by atoms with E-state index in [0.717, 1.165) is 20.2 Å². The highest BCUT2D eigenvalue weighted by molar-refractivity contribution is 8.01. The third-order valence-corrected chi connectivity index (χ3v) is 3.40. The quantitative estimate of drug-likeness (QED) is 0.814. The summed E-state index contributed by atoms with van der Waals surface area (Å²) in [5, 5.41) is 9.61. The maximum absolute atomic E-state index is 5.71. The van der Waals surface area contributed by atoms with Crippen LogP contribution in [0.15, 0.2) is 9.37 Å². The van der Waals surface area contributed by atoms with Crippen molar-refractivity contribution < 1.29 is 0 Å². The average molecular weight is 227 g/mol. The van der Waals surface area contributed by atoms with Gasteiger partial charge in [-0.2, -0.15) is 0 Å². The standard InChI is InChI=1S/C7H9N5S2/c1-3-9-5(8)6(10-3)14-7-12-11-4(2)13-7/h8H2,1-2H3,(H,9,10). The Labute approximate surface area is 89.2 Å². The Hall–Kier alpha value is -1.08. The zero-order chi connectivity index (χ0) is 10.1. The highest BCUT2D eigenvalue weighted by Crippen LogP contribution is 2.31. The molecule has 0 saturated heterocycles. The van der Waals surface area contributed by atoms with Crippen LogP contribution in [0.2, 0.25) is 0 Å². The number of hydrogen-bond acceptors (Lipinski definition) is 6. The van der Waals surface area contributed by atoms with Crippen LogP contribution in [0.25, 0.3) is 0 Å². The molecule has 2 aromatic rings. The number of imidazole rings is 1. The van der Waals surface area contributed by atoms with Gasteiger partial charge in [0, 0.05) is 0 Å². The number of nitrogens with one attached hydrogen (secondary N) is 1. The van der Waals surface area contributed by atoms with Gasteiger partial charge >= 0.3 is 0 Å². The lowest BCUT2D eigenvalue weighted by Gasteiger charge is -1.90. The molecule has 14 heavy (non-hydrogen) atoms. The normalized spacial score (nSPS) is 10.7. The van der Waals surface area contributed by atoms with Gasteiger partial charge in [0.25, 0.3) is 0 Å². The molecule has 0 aromatic carbocycles. The number of H-pyrrole nitrogens is 1. The van der Waals surface area contributed by atoms with Crippen LogP contribution in [-0.4, -0.2) is 20.2 Å². The van der Waals surface area contributed by atoms with Crippen LogP contribution in [0.1, 0.15) is 10.8 Å². The molecule has 0 spiro atoms. The summed E-state index contributed by atoms with van der Waals surface area (Å²) in [6, 6.07) is 0. The summed E-state index contributed by atoms with van der Waals surface area (Å²) in [7, 11) is 0. The zero-order valence-electron chi connectivity index (χ0n) is 7.74. The minimum Gasteiger partial charge on any atom is -0.383 e.